The third-order valence-corrected chi connectivity index (χ3v) is 6.37. The lowest BCUT2D eigenvalue weighted by Gasteiger charge is -2.21. The average molecular weight is 353 g/mol. The van der Waals surface area contributed by atoms with Crippen molar-refractivity contribution >= 4 is 0 Å². The van der Waals surface area contributed by atoms with Gasteiger partial charge >= 0.3 is 0 Å². The molecule has 0 amide bonds. The number of hydrogen-bond donors (Lipinski definition) is 0. The van der Waals surface area contributed by atoms with E-state index in [1.165, 1.54) is 96.3 Å². The molecule has 0 aliphatic heterocycles. The summed E-state index contributed by atoms with van der Waals surface area (Å²) in [5.74, 6) is 3.63. The molecule has 0 aliphatic carbocycles. The summed E-state index contributed by atoms with van der Waals surface area (Å²) in [7, 11) is 0. The average Bonchev–Trinajstić information content (AvgIpc) is 2.57. The van der Waals surface area contributed by atoms with Gasteiger partial charge in [-0.3, -0.25) is 0 Å². The summed E-state index contributed by atoms with van der Waals surface area (Å²) in [5.41, 5.74) is 0. The van der Waals surface area contributed by atoms with Crippen molar-refractivity contribution in [3.63, 3.8) is 0 Å². The SMILES string of the molecule is CCC(C)CCCCCCCCCCCCCC(C)C(C)CC(C)C. The van der Waals surface area contributed by atoms with Gasteiger partial charge in [-0.05, 0) is 30.1 Å². The number of rotatable bonds is 18. The number of hydrogen-bond acceptors (Lipinski definition) is 0. The van der Waals surface area contributed by atoms with Crippen LogP contribution in [0.1, 0.15) is 138 Å². The van der Waals surface area contributed by atoms with Crippen LogP contribution in [0, 0.1) is 23.7 Å². The molecule has 152 valence electrons. The van der Waals surface area contributed by atoms with Crippen LogP contribution in [0.5, 0.6) is 0 Å². The molecule has 0 fully saturated rings. The Kier molecular flexibility index (Phi) is 17.4. The molecule has 0 N–H and O–H groups in total. The van der Waals surface area contributed by atoms with Crippen molar-refractivity contribution in [1.29, 1.82) is 0 Å². The van der Waals surface area contributed by atoms with Gasteiger partial charge in [-0.1, -0.05) is 131 Å². The Bertz CT molecular complexity index is 255. The second-order valence-corrected chi connectivity index (χ2v) is 9.56. The van der Waals surface area contributed by atoms with E-state index in [9.17, 15) is 0 Å². The maximum Gasteiger partial charge on any atom is -0.0415 e. The highest BCUT2D eigenvalue weighted by Gasteiger charge is 2.13. The van der Waals surface area contributed by atoms with Crippen molar-refractivity contribution in [3.05, 3.63) is 0 Å². The molecule has 0 aliphatic rings. The van der Waals surface area contributed by atoms with Crippen molar-refractivity contribution in [2.24, 2.45) is 23.7 Å². The van der Waals surface area contributed by atoms with Crippen LogP contribution in [0.3, 0.4) is 0 Å². The van der Waals surface area contributed by atoms with Crippen molar-refractivity contribution in [1.82, 2.24) is 0 Å². The van der Waals surface area contributed by atoms with Gasteiger partial charge in [-0.2, -0.15) is 0 Å². The Morgan fingerprint density at radius 2 is 0.880 bits per heavy atom. The highest BCUT2D eigenvalue weighted by atomic mass is 14.2. The van der Waals surface area contributed by atoms with E-state index in [0.717, 1.165) is 23.7 Å². The largest absolute Gasteiger partial charge is 0.0651 e. The number of unbranched alkanes of at least 4 members (excludes halogenated alkanes) is 10. The normalized spacial score (nSPS) is 15.5. The predicted molar refractivity (Wildman–Crippen MR) is 117 cm³/mol. The molecular weight excluding hydrogens is 300 g/mol. The first-order valence-electron chi connectivity index (χ1n) is 12.0. The molecule has 0 saturated carbocycles. The molecule has 0 nitrogen and oxygen atoms in total. The van der Waals surface area contributed by atoms with E-state index in [4.69, 9.17) is 0 Å². The fraction of sp³-hybridized carbons (Fsp3) is 1.00. The summed E-state index contributed by atoms with van der Waals surface area (Å²) in [5, 5.41) is 0. The standard InChI is InChI=1S/C25H52/c1-7-23(4)19-17-15-13-11-9-8-10-12-14-16-18-20-24(5)25(6)21-22(2)3/h22-25H,7-21H2,1-6H3. The van der Waals surface area contributed by atoms with Crippen molar-refractivity contribution in [2.45, 2.75) is 138 Å². The van der Waals surface area contributed by atoms with E-state index < -0.39 is 0 Å². The fourth-order valence-electron chi connectivity index (χ4n) is 4.01. The molecule has 0 heterocycles. The molecule has 0 radical (unpaired) electrons. The Balaban J connectivity index is 3.24. The van der Waals surface area contributed by atoms with Crippen LogP contribution in [-0.2, 0) is 0 Å². The van der Waals surface area contributed by atoms with Gasteiger partial charge in [0.05, 0.1) is 0 Å². The van der Waals surface area contributed by atoms with E-state index in [1.807, 2.05) is 0 Å². The van der Waals surface area contributed by atoms with Gasteiger partial charge < -0.3 is 0 Å². The first-order chi connectivity index (χ1) is 12.0. The minimum Gasteiger partial charge on any atom is -0.0651 e. The first kappa shape index (κ1) is 25.0. The van der Waals surface area contributed by atoms with Crippen molar-refractivity contribution in [2.75, 3.05) is 0 Å². The van der Waals surface area contributed by atoms with Crippen LogP contribution in [0.25, 0.3) is 0 Å². The van der Waals surface area contributed by atoms with Crippen LogP contribution in [0.15, 0.2) is 0 Å². The minimum absolute atomic E-state index is 0.859. The fourth-order valence-corrected chi connectivity index (χ4v) is 4.01. The zero-order valence-corrected chi connectivity index (χ0v) is 18.9. The van der Waals surface area contributed by atoms with E-state index in [2.05, 4.69) is 41.5 Å². The van der Waals surface area contributed by atoms with Crippen LogP contribution >= 0.6 is 0 Å². The zero-order valence-electron chi connectivity index (χ0n) is 18.9. The third-order valence-electron chi connectivity index (χ3n) is 6.37. The highest BCUT2D eigenvalue weighted by molar-refractivity contribution is 4.64. The van der Waals surface area contributed by atoms with Gasteiger partial charge in [0.1, 0.15) is 0 Å². The summed E-state index contributed by atoms with van der Waals surface area (Å²) >= 11 is 0. The van der Waals surface area contributed by atoms with E-state index in [0.29, 0.717) is 0 Å². The Morgan fingerprint density at radius 1 is 0.480 bits per heavy atom. The molecule has 3 atom stereocenters. The smallest absolute Gasteiger partial charge is 0.0415 e. The zero-order chi connectivity index (χ0) is 18.9. The van der Waals surface area contributed by atoms with E-state index in [1.54, 1.807) is 0 Å². The maximum atomic E-state index is 2.47. The Morgan fingerprint density at radius 3 is 1.28 bits per heavy atom. The van der Waals surface area contributed by atoms with Gasteiger partial charge in [0.15, 0.2) is 0 Å². The Hall–Kier alpha value is 0. The molecular formula is C25H52. The van der Waals surface area contributed by atoms with Crippen LogP contribution in [0.4, 0.5) is 0 Å². The minimum atomic E-state index is 0.859. The molecule has 0 bridgehead atoms. The first-order valence-corrected chi connectivity index (χ1v) is 12.0. The van der Waals surface area contributed by atoms with E-state index in [-0.39, 0.29) is 0 Å². The second-order valence-electron chi connectivity index (χ2n) is 9.56. The molecule has 0 aromatic carbocycles. The van der Waals surface area contributed by atoms with Crippen molar-refractivity contribution in [3.8, 4) is 0 Å². The van der Waals surface area contributed by atoms with Gasteiger partial charge in [0.2, 0.25) is 0 Å². The van der Waals surface area contributed by atoms with Gasteiger partial charge in [-0.15, -0.1) is 0 Å². The van der Waals surface area contributed by atoms with E-state index >= 15 is 0 Å². The summed E-state index contributed by atoms with van der Waals surface area (Å²) < 4.78 is 0. The second kappa shape index (κ2) is 17.4. The molecule has 0 heteroatoms. The predicted octanol–water partition coefficient (Wildman–Crippen LogP) is 9.42. The maximum absolute atomic E-state index is 2.47. The van der Waals surface area contributed by atoms with Crippen LogP contribution in [-0.4, -0.2) is 0 Å². The molecule has 0 aromatic heterocycles. The van der Waals surface area contributed by atoms with Crippen LogP contribution < -0.4 is 0 Å². The van der Waals surface area contributed by atoms with Gasteiger partial charge in [0, 0.05) is 0 Å². The van der Waals surface area contributed by atoms with Gasteiger partial charge in [0.25, 0.3) is 0 Å². The molecule has 0 spiro atoms. The lowest BCUT2D eigenvalue weighted by atomic mass is 9.85. The van der Waals surface area contributed by atoms with Crippen molar-refractivity contribution < 1.29 is 0 Å². The lowest BCUT2D eigenvalue weighted by molar-refractivity contribution is 0.300. The van der Waals surface area contributed by atoms with Gasteiger partial charge in [-0.25, -0.2) is 0 Å². The molecule has 0 rings (SSSR count). The quantitative estimate of drug-likeness (QED) is 0.215. The molecule has 3 unspecified atom stereocenters. The summed E-state index contributed by atoms with van der Waals surface area (Å²) in [6.07, 6.45) is 21.9. The van der Waals surface area contributed by atoms with Crippen LogP contribution in [0.2, 0.25) is 0 Å². The highest BCUT2D eigenvalue weighted by Crippen LogP contribution is 2.24. The monoisotopic (exact) mass is 352 g/mol. The molecule has 0 aromatic rings. The summed E-state index contributed by atoms with van der Waals surface area (Å²) in [4.78, 5) is 0. The lowest BCUT2D eigenvalue weighted by Crippen LogP contribution is -2.10. The third kappa shape index (κ3) is 17.2. The Labute approximate surface area is 161 Å². The topological polar surface area (TPSA) is 0 Å². The summed E-state index contributed by atoms with van der Waals surface area (Å²) in [6, 6.07) is 0. The molecule has 0 saturated heterocycles. The molecule has 25 heavy (non-hydrogen) atoms. The summed E-state index contributed by atoms with van der Waals surface area (Å²) in [6.45, 7) is 14.4.